The summed E-state index contributed by atoms with van der Waals surface area (Å²) < 4.78 is 0. The van der Waals surface area contributed by atoms with Crippen molar-refractivity contribution in [2.24, 2.45) is 4.99 Å². The molecule has 0 aromatic heterocycles. The number of aromatic hydroxyl groups is 1. The maximum Gasteiger partial charge on any atom is 0.282 e. The SMILES string of the molecule is O=C1/C(=C\C=C\c2ccccc2)N=C(c2ccccc2)N1c1ccc([N+](=O)[O-])cc1O. The second-order valence-electron chi connectivity index (χ2n) is 6.69. The van der Waals surface area contributed by atoms with Gasteiger partial charge in [-0.25, -0.2) is 4.99 Å². The molecule has 7 nitrogen and oxygen atoms in total. The third-order valence-electron chi connectivity index (χ3n) is 4.65. The lowest BCUT2D eigenvalue weighted by Crippen LogP contribution is -2.32. The minimum atomic E-state index is -0.610. The zero-order valence-corrected chi connectivity index (χ0v) is 16.3. The molecule has 0 spiro atoms. The van der Waals surface area contributed by atoms with Crippen molar-refractivity contribution < 1.29 is 14.8 Å². The van der Waals surface area contributed by atoms with Gasteiger partial charge in [-0.3, -0.25) is 19.8 Å². The van der Waals surface area contributed by atoms with Crippen LogP contribution in [0.25, 0.3) is 6.08 Å². The average molecular weight is 411 g/mol. The minimum Gasteiger partial charge on any atom is -0.505 e. The van der Waals surface area contributed by atoms with Gasteiger partial charge >= 0.3 is 0 Å². The van der Waals surface area contributed by atoms with E-state index in [1.165, 1.54) is 17.0 Å². The standard InChI is InChI=1S/C24H17N3O4/c28-22-16-19(27(30)31)14-15-21(22)26-23(18-11-5-2-6-12-18)25-20(24(26)29)13-7-10-17-8-3-1-4-9-17/h1-16,28H/b10-7+,20-13+. The quantitative estimate of drug-likeness (QED) is 0.374. The molecule has 0 radical (unpaired) electrons. The Kier molecular flexibility index (Phi) is 5.40. The van der Waals surface area contributed by atoms with Crippen LogP contribution < -0.4 is 4.90 Å². The highest BCUT2D eigenvalue weighted by atomic mass is 16.6. The van der Waals surface area contributed by atoms with Gasteiger partial charge in [0.1, 0.15) is 17.3 Å². The first-order chi connectivity index (χ1) is 15.0. The molecule has 1 aliphatic heterocycles. The number of allylic oxidation sites excluding steroid dienone is 2. The highest BCUT2D eigenvalue weighted by Gasteiger charge is 2.34. The predicted octanol–water partition coefficient (Wildman–Crippen LogP) is 4.69. The summed E-state index contributed by atoms with van der Waals surface area (Å²) in [6, 6.07) is 22.3. The molecule has 3 aromatic carbocycles. The largest absolute Gasteiger partial charge is 0.505 e. The van der Waals surface area contributed by atoms with Crippen LogP contribution in [0.15, 0.2) is 102 Å². The van der Waals surface area contributed by atoms with Crippen molar-refractivity contribution in [1.29, 1.82) is 0 Å². The van der Waals surface area contributed by atoms with Gasteiger partial charge in [-0.1, -0.05) is 72.8 Å². The molecule has 3 aromatic rings. The number of nitrogens with zero attached hydrogens (tertiary/aromatic N) is 3. The lowest BCUT2D eigenvalue weighted by atomic mass is 10.1. The second kappa shape index (κ2) is 8.46. The van der Waals surface area contributed by atoms with Gasteiger partial charge < -0.3 is 5.11 Å². The zero-order chi connectivity index (χ0) is 21.8. The fraction of sp³-hybridized carbons (Fsp3) is 0. The maximum absolute atomic E-state index is 13.2. The smallest absolute Gasteiger partial charge is 0.282 e. The average Bonchev–Trinajstić information content (AvgIpc) is 3.11. The molecule has 1 heterocycles. The third-order valence-corrected chi connectivity index (χ3v) is 4.65. The van der Waals surface area contributed by atoms with E-state index in [0.29, 0.717) is 11.4 Å². The molecule has 31 heavy (non-hydrogen) atoms. The number of anilines is 1. The van der Waals surface area contributed by atoms with Gasteiger partial charge in [0.05, 0.1) is 16.7 Å². The van der Waals surface area contributed by atoms with Crippen LogP contribution in [0.5, 0.6) is 5.75 Å². The van der Waals surface area contributed by atoms with Crippen molar-refractivity contribution in [3.63, 3.8) is 0 Å². The van der Waals surface area contributed by atoms with Gasteiger partial charge in [0.2, 0.25) is 0 Å². The first kappa shape index (κ1) is 19.8. The molecule has 0 aliphatic carbocycles. The molecule has 152 valence electrons. The fourth-order valence-electron chi connectivity index (χ4n) is 3.16. The topological polar surface area (TPSA) is 96.0 Å². The van der Waals surface area contributed by atoms with Crippen LogP contribution in [0.4, 0.5) is 11.4 Å². The predicted molar refractivity (Wildman–Crippen MR) is 119 cm³/mol. The summed E-state index contributed by atoms with van der Waals surface area (Å²) in [7, 11) is 0. The number of phenolic OH excluding ortho intramolecular Hbond substituents is 1. The highest BCUT2D eigenvalue weighted by Crippen LogP contribution is 2.35. The number of carbonyl (C=O) groups is 1. The van der Waals surface area contributed by atoms with Gasteiger partial charge in [0, 0.05) is 11.6 Å². The van der Waals surface area contributed by atoms with Crippen LogP contribution in [0.1, 0.15) is 11.1 Å². The number of nitro benzene ring substituents is 1. The molecule has 1 N–H and O–H groups in total. The molecule has 4 rings (SSSR count). The van der Waals surface area contributed by atoms with Crippen molar-refractivity contribution in [1.82, 2.24) is 0 Å². The number of non-ortho nitro benzene ring substituents is 1. The summed E-state index contributed by atoms with van der Waals surface area (Å²) in [6.07, 6.45) is 5.18. The van der Waals surface area contributed by atoms with Crippen molar-refractivity contribution in [3.8, 4) is 5.75 Å². The van der Waals surface area contributed by atoms with E-state index in [-0.39, 0.29) is 22.8 Å². The molecule has 1 aliphatic rings. The number of phenols is 1. The molecule has 0 bridgehead atoms. The molecular formula is C24H17N3O4. The second-order valence-corrected chi connectivity index (χ2v) is 6.69. The molecule has 0 saturated heterocycles. The van der Waals surface area contributed by atoms with Crippen LogP contribution in [-0.2, 0) is 4.79 Å². The fourth-order valence-corrected chi connectivity index (χ4v) is 3.16. The summed E-state index contributed by atoms with van der Waals surface area (Å²) in [5, 5.41) is 21.4. The lowest BCUT2D eigenvalue weighted by molar-refractivity contribution is -0.384. The van der Waals surface area contributed by atoms with E-state index < -0.39 is 10.8 Å². The van der Waals surface area contributed by atoms with Gasteiger partial charge in [0.25, 0.3) is 11.6 Å². The van der Waals surface area contributed by atoms with E-state index in [0.717, 1.165) is 11.6 Å². The van der Waals surface area contributed by atoms with E-state index in [1.54, 1.807) is 24.3 Å². The van der Waals surface area contributed by atoms with Crippen molar-refractivity contribution >= 4 is 29.2 Å². The molecule has 7 heteroatoms. The van der Waals surface area contributed by atoms with Crippen LogP contribution in [0.3, 0.4) is 0 Å². The zero-order valence-electron chi connectivity index (χ0n) is 16.3. The van der Waals surface area contributed by atoms with Crippen molar-refractivity contribution in [2.45, 2.75) is 0 Å². The molecule has 0 saturated carbocycles. The van der Waals surface area contributed by atoms with Crippen molar-refractivity contribution in [2.75, 3.05) is 4.90 Å². The van der Waals surface area contributed by atoms with E-state index in [2.05, 4.69) is 4.99 Å². The Morgan fingerprint density at radius 3 is 2.29 bits per heavy atom. The van der Waals surface area contributed by atoms with Crippen LogP contribution >= 0.6 is 0 Å². The van der Waals surface area contributed by atoms with Gasteiger partial charge in [0.15, 0.2) is 0 Å². The third kappa shape index (κ3) is 4.11. The van der Waals surface area contributed by atoms with Gasteiger partial charge in [-0.05, 0) is 17.7 Å². The van der Waals surface area contributed by atoms with Crippen LogP contribution in [0, 0.1) is 10.1 Å². The molecule has 0 unspecified atom stereocenters. The number of hydrogen-bond acceptors (Lipinski definition) is 5. The molecular weight excluding hydrogens is 394 g/mol. The Morgan fingerprint density at radius 1 is 0.968 bits per heavy atom. The summed E-state index contributed by atoms with van der Waals surface area (Å²) in [5.41, 5.74) is 1.68. The molecule has 1 amide bonds. The van der Waals surface area contributed by atoms with E-state index >= 15 is 0 Å². The summed E-state index contributed by atoms with van der Waals surface area (Å²) in [4.78, 5) is 29.3. The molecule has 0 fully saturated rings. The monoisotopic (exact) mass is 411 g/mol. The van der Waals surface area contributed by atoms with Gasteiger partial charge in [-0.2, -0.15) is 0 Å². The summed E-state index contributed by atoms with van der Waals surface area (Å²) in [6.45, 7) is 0. The minimum absolute atomic E-state index is 0.119. The first-order valence-electron chi connectivity index (χ1n) is 9.44. The Labute approximate surface area is 178 Å². The molecule has 0 atom stereocenters. The Bertz CT molecular complexity index is 1230. The Morgan fingerprint density at radius 2 is 1.65 bits per heavy atom. The maximum atomic E-state index is 13.2. The van der Waals surface area contributed by atoms with E-state index in [9.17, 15) is 20.0 Å². The number of aliphatic imine (C=N–C) groups is 1. The van der Waals surface area contributed by atoms with E-state index in [1.807, 2.05) is 54.6 Å². The highest BCUT2D eigenvalue weighted by molar-refractivity contribution is 6.32. The summed E-state index contributed by atoms with van der Waals surface area (Å²) >= 11 is 0. The number of benzene rings is 3. The number of carbonyl (C=O) groups excluding carboxylic acids is 1. The van der Waals surface area contributed by atoms with Crippen molar-refractivity contribution in [3.05, 3.63) is 118 Å². The van der Waals surface area contributed by atoms with Gasteiger partial charge in [-0.15, -0.1) is 0 Å². The Balaban J connectivity index is 1.75. The van der Waals surface area contributed by atoms with Crippen LogP contribution in [-0.4, -0.2) is 21.8 Å². The number of amidine groups is 1. The normalized spacial score (nSPS) is 15.0. The van der Waals surface area contributed by atoms with Crippen LogP contribution in [0.2, 0.25) is 0 Å². The Hall–Kier alpha value is -4.52. The lowest BCUT2D eigenvalue weighted by Gasteiger charge is -2.19. The van der Waals surface area contributed by atoms with E-state index in [4.69, 9.17) is 0 Å². The number of hydrogen-bond donors (Lipinski definition) is 1. The number of nitro groups is 1. The summed E-state index contributed by atoms with van der Waals surface area (Å²) in [5.74, 6) is -0.498. The number of amides is 1. The number of rotatable bonds is 5. The first-order valence-corrected chi connectivity index (χ1v) is 9.44.